The van der Waals surface area contributed by atoms with Crippen LogP contribution in [-0.2, 0) is 4.79 Å². The SMILES string of the molecule is O=C(CNc1cc2c(cc1Cl)OCCO2)Nc1ccccc1C(=O)Nc1ccccc1. The molecule has 0 aromatic heterocycles. The summed E-state index contributed by atoms with van der Waals surface area (Å²) in [5, 5.41) is 8.99. The molecule has 4 rings (SSSR count). The van der Waals surface area contributed by atoms with E-state index in [1.807, 2.05) is 18.2 Å². The van der Waals surface area contributed by atoms with Crippen LogP contribution in [0.1, 0.15) is 10.4 Å². The molecule has 3 aromatic carbocycles. The molecule has 0 fully saturated rings. The van der Waals surface area contributed by atoms with Crippen molar-refractivity contribution in [3.8, 4) is 11.5 Å². The number of ether oxygens (including phenoxy) is 2. The number of hydrogen-bond acceptors (Lipinski definition) is 5. The molecule has 0 saturated heterocycles. The molecule has 0 saturated carbocycles. The van der Waals surface area contributed by atoms with Crippen molar-refractivity contribution in [1.82, 2.24) is 0 Å². The number of amides is 2. The number of carbonyl (C=O) groups is 2. The van der Waals surface area contributed by atoms with Gasteiger partial charge in [-0.05, 0) is 24.3 Å². The summed E-state index contributed by atoms with van der Waals surface area (Å²) in [6, 6.07) is 19.3. The highest BCUT2D eigenvalue weighted by Gasteiger charge is 2.17. The molecule has 0 atom stereocenters. The van der Waals surface area contributed by atoms with E-state index in [4.69, 9.17) is 21.1 Å². The summed E-state index contributed by atoms with van der Waals surface area (Å²) in [6.45, 7) is 0.875. The summed E-state index contributed by atoms with van der Waals surface area (Å²) in [5.41, 5.74) is 1.99. The van der Waals surface area contributed by atoms with Crippen LogP contribution in [0.5, 0.6) is 11.5 Å². The van der Waals surface area contributed by atoms with Gasteiger partial charge in [-0.2, -0.15) is 0 Å². The number of nitrogens with one attached hydrogen (secondary N) is 3. The Morgan fingerprint density at radius 3 is 2.29 bits per heavy atom. The van der Waals surface area contributed by atoms with E-state index in [1.54, 1.807) is 48.5 Å². The Kier molecular flexibility index (Phi) is 6.24. The first-order valence-electron chi connectivity index (χ1n) is 9.68. The van der Waals surface area contributed by atoms with Crippen LogP contribution >= 0.6 is 11.6 Å². The molecular formula is C23H20ClN3O4. The van der Waals surface area contributed by atoms with Crippen LogP contribution in [-0.4, -0.2) is 31.6 Å². The predicted octanol–water partition coefficient (Wildman–Crippen LogP) is 4.41. The minimum atomic E-state index is -0.328. The normalized spacial score (nSPS) is 12.0. The van der Waals surface area contributed by atoms with E-state index < -0.39 is 0 Å². The van der Waals surface area contributed by atoms with Gasteiger partial charge in [-0.3, -0.25) is 9.59 Å². The summed E-state index contributed by atoms with van der Waals surface area (Å²) in [4.78, 5) is 25.2. The van der Waals surface area contributed by atoms with Gasteiger partial charge in [0.1, 0.15) is 13.2 Å². The maximum atomic E-state index is 12.7. The smallest absolute Gasteiger partial charge is 0.257 e. The minimum Gasteiger partial charge on any atom is -0.486 e. The number of halogens is 1. The second-order valence-electron chi connectivity index (χ2n) is 6.74. The molecule has 158 valence electrons. The number of carbonyl (C=O) groups excluding carboxylic acids is 2. The highest BCUT2D eigenvalue weighted by molar-refractivity contribution is 6.33. The Bertz CT molecular complexity index is 1110. The fourth-order valence-electron chi connectivity index (χ4n) is 3.08. The minimum absolute atomic E-state index is 0.0476. The van der Waals surface area contributed by atoms with Crippen LogP contribution in [0.2, 0.25) is 5.02 Å². The number of hydrogen-bond donors (Lipinski definition) is 3. The van der Waals surface area contributed by atoms with E-state index >= 15 is 0 Å². The van der Waals surface area contributed by atoms with E-state index in [0.717, 1.165) is 0 Å². The molecule has 31 heavy (non-hydrogen) atoms. The van der Waals surface area contributed by atoms with Gasteiger partial charge in [0, 0.05) is 17.8 Å². The second-order valence-corrected chi connectivity index (χ2v) is 7.15. The lowest BCUT2D eigenvalue weighted by Gasteiger charge is -2.20. The third-order valence-corrected chi connectivity index (χ3v) is 4.86. The van der Waals surface area contributed by atoms with Crippen molar-refractivity contribution < 1.29 is 19.1 Å². The molecule has 8 heteroatoms. The summed E-state index contributed by atoms with van der Waals surface area (Å²) in [6.07, 6.45) is 0. The topological polar surface area (TPSA) is 88.7 Å². The molecule has 1 aliphatic heterocycles. The Labute approximate surface area is 184 Å². The monoisotopic (exact) mass is 437 g/mol. The zero-order valence-corrected chi connectivity index (χ0v) is 17.2. The molecule has 2 amide bonds. The highest BCUT2D eigenvalue weighted by atomic mass is 35.5. The van der Waals surface area contributed by atoms with Crippen LogP contribution < -0.4 is 25.4 Å². The van der Waals surface area contributed by atoms with Crippen LogP contribution in [0.3, 0.4) is 0 Å². The van der Waals surface area contributed by atoms with E-state index in [9.17, 15) is 9.59 Å². The van der Waals surface area contributed by atoms with Crippen molar-refractivity contribution in [2.45, 2.75) is 0 Å². The van der Waals surface area contributed by atoms with Gasteiger partial charge in [0.05, 0.1) is 28.5 Å². The van der Waals surface area contributed by atoms with Crippen molar-refractivity contribution in [2.24, 2.45) is 0 Å². The first-order chi connectivity index (χ1) is 15.1. The van der Waals surface area contributed by atoms with E-state index in [0.29, 0.717) is 52.4 Å². The number of benzene rings is 3. The molecule has 0 spiro atoms. The molecule has 7 nitrogen and oxygen atoms in total. The molecule has 0 aliphatic carbocycles. The third kappa shape index (κ3) is 5.07. The lowest BCUT2D eigenvalue weighted by Crippen LogP contribution is -2.24. The molecule has 0 radical (unpaired) electrons. The molecule has 3 N–H and O–H groups in total. The summed E-state index contributed by atoms with van der Waals surface area (Å²) in [7, 11) is 0. The van der Waals surface area contributed by atoms with Crippen molar-refractivity contribution in [3.63, 3.8) is 0 Å². The van der Waals surface area contributed by atoms with Gasteiger partial charge in [-0.25, -0.2) is 0 Å². The lowest BCUT2D eigenvalue weighted by atomic mass is 10.1. The van der Waals surface area contributed by atoms with Gasteiger partial charge in [0.2, 0.25) is 5.91 Å². The van der Waals surface area contributed by atoms with Gasteiger partial charge in [0.25, 0.3) is 5.91 Å². The average molecular weight is 438 g/mol. The van der Waals surface area contributed by atoms with E-state index in [1.165, 1.54) is 0 Å². The van der Waals surface area contributed by atoms with Crippen molar-refractivity contribution in [1.29, 1.82) is 0 Å². The fraction of sp³-hybridized carbons (Fsp3) is 0.130. The van der Waals surface area contributed by atoms with Gasteiger partial charge in [0.15, 0.2) is 11.5 Å². The van der Waals surface area contributed by atoms with Crippen LogP contribution in [0, 0.1) is 0 Å². The van der Waals surface area contributed by atoms with Gasteiger partial charge in [-0.15, -0.1) is 0 Å². The second kappa shape index (κ2) is 9.40. The largest absolute Gasteiger partial charge is 0.486 e. The zero-order chi connectivity index (χ0) is 21.6. The predicted molar refractivity (Wildman–Crippen MR) is 120 cm³/mol. The zero-order valence-electron chi connectivity index (χ0n) is 16.5. The average Bonchev–Trinajstić information content (AvgIpc) is 2.78. The standard InChI is InChI=1S/C23H20ClN3O4/c24-17-12-20-21(31-11-10-30-20)13-19(17)25-14-22(28)27-18-9-5-4-8-16(18)23(29)26-15-6-2-1-3-7-15/h1-9,12-13,25H,10-11,14H2,(H,26,29)(H,27,28). The van der Waals surface area contributed by atoms with Crippen LogP contribution in [0.4, 0.5) is 17.1 Å². The maximum absolute atomic E-state index is 12.7. The first kappa shape index (κ1) is 20.6. The molecule has 0 bridgehead atoms. The molecule has 1 aliphatic rings. The van der Waals surface area contributed by atoms with Crippen molar-refractivity contribution in [3.05, 3.63) is 77.3 Å². The number of anilines is 3. The Morgan fingerprint density at radius 1 is 0.839 bits per heavy atom. The summed E-state index contributed by atoms with van der Waals surface area (Å²) < 4.78 is 11.0. The third-order valence-electron chi connectivity index (χ3n) is 4.55. The Hall–Kier alpha value is -3.71. The molecule has 0 unspecified atom stereocenters. The van der Waals surface area contributed by atoms with E-state index in [-0.39, 0.29) is 18.4 Å². The number of para-hydroxylation sites is 2. The molecule has 3 aromatic rings. The van der Waals surface area contributed by atoms with Gasteiger partial charge in [-0.1, -0.05) is 41.9 Å². The van der Waals surface area contributed by atoms with Crippen molar-refractivity contribution >= 4 is 40.5 Å². The number of rotatable bonds is 6. The maximum Gasteiger partial charge on any atom is 0.257 e. The molecular weight excluding hydrogens is 418 g/mol. The Balaban J connectivity index is 1.41. The first-order valence-corrected chi connectivity index (χ1v) is 10.1. The van der Waals surface area contributed by atoms with Gasteiger partial charge < -0.3 is 25.4 Å². The van der Waals surface area contributed by atoms with Crippen molar-refractivity contribution in [2.75, 3.05) is 35.7 Å². The van der Waals surface area contributed by atoms with E-state index in [2.05, 4.69) is 16.0 Å². The summed E-state index contributed by atoms with van der Waals surface area (Å²) >= 11 is 6.27. The van der Waals surface area contributed by atoms with Crippen LogP contribution in [0.15, 0.2) is 66.7 Å². The fourth-order valence-corrected chi connectivity index (χ4v) is 3.30. The number of fused-ring (bicyclic) bond motifs is 1. The lowest BCUT2D eigenvalue weighted by molar-refractivity contribution is -0.114. The Morgan fingerprint density at radius 2 is 1.52 bits per heavy atom. The van der Waals surface area contributed by atoms with Gasteiger partial charge >= 0.3 is 0 Å². The van der Waals surface area contributed by atoms with Crippen LogP contribution in [0.25, 0.3) is 0 Å². The summed E-state index contributed by atoms with van der Waals surface area (Å²) in [5.74, 6) is 0.502. The highest BCUT2D eigenvalue weighted by Crippen LogP contribution is 2.37. The molecule has 1 heterocycles. The quantitative estimate of drug-likeness (QED) is 0.531.